The van der Waals surface area contributed by atoms with Crippen LogP contribution in [0.1, 0.15) is 12.6 Å². The van der Waals surface area contributed by atoms with E-state index in [1.807, 2.05) is 26.1 Å². The number of rotatable bonds is 2. The van der Waals surface area contributed by atoms with Gasteiger partial charge in [0.15, 0.2) is 5.65 Å². The van der Waals surface area contributed by atoms with Crippen LogP contribution in [0, 0.1) is 0 Å². The van der Waals surface area contributed by atoms with Crippen molar-refractivity contribution in [3.63, 3.8) is 0 Å². The molecule has 4 nitrogen and oxygen atoms in total. The molecule has 0 spiro atoms. The molecule has 0 aliphatic carbocycles. The van der Waals surface area contributed by atoms with Gasteiger partial charge in [-0.2, -0.15) is 0 Å². The van der Waals surface area contributed by atoms with Crippen LogP contribution in [0.5, 0.6) is 0 Å². The third-order valence-corrected chi connectivity index (χ3v) is 2.06. The molecule has 0 aliphatic heterocycles. The molecule has 0 radical (unpaired) electrons. The summed E-state index contributed by atoms with van der Waals surface area (Å²) in [5, 5.41) is 7.34. The molecule has 4 heteroatoms. The average molecular weight is 188 g/mol. The minimum Gasteiger partial charge on any atom is -0.372 e. The Labute approximate surface area is 82.3 Å². The van der Waals surface area contributed by atoms with Gasteiger partial charge >= 0.3 is 0 Å². The largest absolute Gasteiger partial charge is 0.372 e. The lowest BCUT2D eigenvalue weighted by Gasteiger charge is -2.02. The minimum atomic E-state index is 0.818. The fraction of sp³-hybridized carbons (Fsp3) is 0.200. The SMILES string of the molecule is C=C(C)c1cnc2ccc(NC)nn12. The lowest BCUT2D eigenvalue weighted by atomic mass is 10.3. The van der Waals surface area contributed by atoms with Crippen LogP contribution in [0.3, 0.4) is 0 Å². The molecule has 0 saturated carbocycles. The van der Waals surface area contributed by atoms with E-state index in [0.717, 1.165) is 22.7 Å². The number of imidazole rings is 1. The Morgan fingerprint density at radius 1 is 1.50 bits per heavy atom. The van der Waals surface area contributed by atoms with Gasteiger partial charge in [0.05, 0.1) is 11.9 Å². The molecule has 2 rings (SSSR count). The van der Waals surface area contributed by atoms with Crippen LogP contribution < -0.4 is 5.32 Å². The summed E-state index contributed by atoms with van der Waals surface area (Å²) in [6.45, 7) is 5.82. The second-order valence-electron chi connectivity index (χ2n) is 3.16. The highest BCUT2D eigenvalue weighted by Gasteiger charge is 2.04. The Balaban J connectivity index is 2.69. The summed E-state index contributed by atoms with van der Waals surface area (Å²) in [6, 6.07) is 3.82. The molecule has 14 heavy (non-hydrogen) atoms. The molecule has 0 unspecified atom stereocenters. The highest BCUT2D eigenvalue weighted by Crippen LogP contribution is 2.14. The molecular weight excluding hydrogens is 176 g/mol. The fourth-order valence-corrected chi connectivity index (χ4v) is 1.30. The van der Waals surface area contributed by atoms with Crippen LogP contribution in [-0.2, 0) is 0 Å². The Bertz CT molecular complexity index is 484. The first kappa shape index (κ1) is 8.74. The average Bonchev–Trinajstić information content (AvgIpc) is 2.59. The van der Waals surface area contributed by atoms with Crippen molar-refractivity contribution in [2.75, 3.05) is 12.4 Å². The second kappa shape index (κ2) is 3.14. The standard InChI is InChI=1S/C10H12N4/c1-7(2)8-6-12-10-5-4-9(11-3)13-14(8)10/h4-6H,1H2,2-3H3,(H,11,13). The zero-order valence-electron chi connectivity index (χ0n) is 8.28. The molecule has 72 valence electrons. The Morgan fingerprint density at radius 2 is 2.29 bits per heavy atom. The smallest absolute Gasteiger partial charge is 0.154 e. The van der Waals surface area contributed by atoms with Crippen LogP contribution in [0.15, 0.2) is 24.9 Å². The van der Waals surface area contributed by atoms with Gasteiger partial charge in [0.2, 0.25) is 0 Å². The predicted molar refractivity (Wildman–Crippen MR) is 57.2 cm³/mol. The van der Waals surface area contributed by atoms with Gasteiger partial charge < -0.3 is 5.32 Å². The van der Waals surface area contributed by atoms with Gasteiger partial charge in [-0.05, 0) is 24.6 Å². The first-order chi connectivity index (χ1) is 6.72. The highest BCUT2D eigenvalue weighted by molar-refractivity contribution is 5.61. The molecule has 0 atom stereocenters. The number of hydrogen-bond donors (Lipinski definition) is 1. The summed E-state index contributed by atoms with van der Waals surface area (Å²) in [4.78, 5) is 4.23. The van der Waals surface area contributed by atoms with Crippen molar-refractivity contribution in [1.29, 1.82) is 0 Å². The molecule has 0 fully saturated rings. The lowest BCUT2D eigenvalue weighted by molar-refractivity contribution is 0.924. The summed E-state index contributed by atoms with van der Waals surface area (Å²) in [5.41, 5.74) is 2.73. The summed E-state index contributed by atoms with van der Waals surface area (Å²) in [6.07, 6.45) is 1.78. The van der Waals surface area contributed by atoms with Crippen LogP contribution in [0.25, 0.3) is 11.2 Å². The molecule has 0 aliphatic rings. The van der Waals surface area contributed by atoms with Crippen molar-refractivity contribution >= 4 is 17.0 Å². The maximum Gasteiger partial charge on any atom is 0.154 e. The van der Waals surface area contributed by atoms with Gasteiger partial charge in [0, 0.05) is 7.05 Å². The van der Waals surface area contributed by atoms with Crippen LogP contribution >= 0.6 is 0 Å². The molecule has 2 heterocycles. The molecule has 0 amide bonds. The van der Waals surface area contributed by atoms with E-state index in [4.69, 9.17) is 0 Å². The van der Waals surface area contributed by atoms with E-state index >= 15 is 0 Å². The van der Waals surface area contributed by atoms with Gasteiger partial charge in [0.1, 0.15) is 5.82 Å². The summed E-state index contributed by atoms with van der Waals surface area (Å²) >= 11 is 0. The number of hydrogen-bond acceptors (Lipinski definition) is 3. The fourth-order valence-electron chi connectivity index (χ4n) is 1.30. The number of nitrogens with one attached hydrogen (secondary N) is 1. The predicted octanol–water partition coefficient (Wildman–Crippen LogP) is 1.80. The lowest BCUT2D eigenvalue weighted by Crippen LogP contribution is -2.00. The number of fused-ring (bicyclic) bond motifs is 1. The maximum absolute atomic E-state index is 4.36. The number of aromatic nitrogens is 3. The van der Waals surface area contributed by atoms with Crippen LogP contribution in [-0.4, -0.2) is 21.6 Å². The van der Waals surface area contributed by atoms with Gasteiger partial charge in [-0.15, -0.1) is 5.10 Å². The molecular formula is C10H12N4. The normalized spacial score (nSPS) is 10.4. The quantitative estimate of drug-likeness (QED) is 0.781. The van der Waals surface area contributed by atoms with E-state index in [0.29, 0.717) is 0 Å². The van der Waals surface area contributed by atoms with E-state index < -0.39 is 0 Å². The maximum atomic E-state index is 4.36. The third kappa shape index (κ3) is 1.25. The molecule has 2 aromatic rings. The molecule has 1 N–H and O–H groups in total. The van der Waals surface area contributed by atoms with E-state index in [-0.39, 0.29) is 0 Å². The van der Waals surface area contributed by atoms with Gasteiger partial charge in [0.25, 0.3) is 0 Å². The van der Waals surface area contributed by atoms with Crippen molar-refractivity contribution in [2.24, 2.45) is 0 Å². The monoisotopic (exact) mass is 188 g/mol. The van der Waals surface area contributed by atoms with E-state index in [9.17, 15) is 0 Å². The number of nitrogens with zero attached hydrogens (tertiary/aromatic N) is 3. The van der Waals surface area contributed by atoms with Crippen molar-refractivity contribution in [2.45, 2.75) is 6.92 Å². The first-order valence-electron chi connectivity index (χ1n) is 4.41. The molecule has 0 saturated heterocycles. The summed E-state index contributed by atoms with van der Waals surface area (Å²) in [5.74, 6) is 0.818. The van der Waals surface area contributed by atoms with Gasteiger partial charge in [-0.1, -0.05) is 6.58 Å². The number of anilines is 1. The summed E-state index contributed by atoms with van der Waals surface area (Å²) in [7, 11) is 1.84. The second-order valence-corrected chi connectivity index (χ2v) is 3.16. The van der Waals surface area contributed by atoms with Crippen molar-refractivity contribution in [1.82, 2.24) is 14.6 Å². The minimum absolute atomic E-state index is 0.818. The zero-order chi connectivity index (χ0) is 10.1. The Hall–Kier alpha value is -1.84. The third-order valence-electron chi connectivity index (χ3n) is 2.06. The van der Waals surface area contributed by atoms with Crippen molar-refractivity contribution in [3.05, 3.63) is 30.6 Å². The molecule has 0 bridgehead atoms. The van der Waals surface area contributed by atoms with Crippen molar-refractivity contribution < 1.29 is 0 Å². The first-order valence-corrected chi connectivity index (χ1v) is 4.41. The van der Waals surface area contributed by atoms with E-state index in [1.54, 1.807) is 10.7 Å². The molecule has 2 aromatic heterocycles. The van der Waals surface area contributed by atoms with Crippen molar-refractivity contribution in [3.8, 4) is 0 Å². The number of allylic oxidation sites excluding steroid dienone is 1. The Morgan fingerprint density at radius 3 is 2.93 bits per heavy atom. The van der Waals surface area contributed by atoms with Gasteiger partial charge in [-0.3, -0.25) is 0 Å². The van der Waals surface area contributed by atoms with E-state index in [1.165, 1.54) is 0 Å². The van der Waals surface area contributed by atoms with Crippen LogP contribution in [0.4, 0.5) is 5.82 Å². The Kier molecular flexibility index (Phi) is 1.96. The van der Waals surface area contributed by atoms with Gasteiger partial charge in [-0.25, -0.2) is 9.50 Å². The zero-order valence-corrected chi connectivity index (χ0v) is 8.28. The van der Waals surface area contributed by atoms with E-state index in [2.05, 4.69) is 22.0 Å². The van der Waals surface area contributed by atoms with Crippen LogP contribution in [0.2, 0.25) is 0 Å². The highest BCUT2D eigenvalue weighted by atomic mass is 15.3. The molecule has 0 aromatic carbocycles. The summed E-state index contributed by atoms with van der Waals surface area (Å²) < 4.78 is 1.79. The topological polar surface area (TPSA) is 42.2 Å².